The van der Waals surface area contributed by atoms with Crippen molar-refractivity contribution in [2.24, 2.45) is 0 Å². The summed E-state index contributed by atoms with van der Waals surface area (Å²) in [4.78, 5) is 10.3. The van der Waals surface area contributed by atoms with E-state index >= 15 is 0 Å². The molecule has 0 amide bonds. The molecule has 1 atom stereocenters. The molecule has 1 N–H and O–H groups in total. The number of carbonyl (C=O) groups is 1. The second-order valence-corrected chi connectivity index (χ2v) is 9.58. The highest BCUT2D eigenvalue weighted by molar-refractivity contribution is 6.77. The molecule has 0 bridgehead atoms. The number of rotatable bonds is 3. The van der Waals surface area contributed by atoms with Gasteiger partial charge in [0.2, 0.25) is 0 Å². The minimum atomic E-state index is -1.20. The second-order valence-electron chi connectivity index (χ2n) is 3.86. The fraction of sp³-hybridized carbons (Fsp3) is 0.857. The molecular formula is C7H16O2Si. The average molecular weight is 160 g/mol. The van der Waals surface area contributed by atoms with Gasteiger partial charge in [0.25, 0.3) is 0 Å². The highest BCUT2D eigenvalue weighted by Gasteiger charge is 2.23. The summed E-state index contributed by atoms with van der Waals surface area (Å²) in [5.74, 6) is -0.671. The summed E-state index contributed by atoms with van der Waals surface area (Å²) >= 11 is 0. The largest absolute Gasteiger partial charge is 0.481 e. The number of aliphatic carboxylic acids is 1. The maximum Gasteiger partial charge on any atom is 0.303 e. The number of carboxylic acid groups (broad SMARTS) is 1. The fourth-order valence-electron chi connectivity index (χ4n) is 0.568. The lowest BCUT2D eigenvalue weighted by atomic mass is 10.3. The molecule has 0 radical (unpaired) electrons. The van der Waals surface area contributed by atoms with Gasteiger partial charge in [0, 0.05) is 14.5 Å². The van der Waals surface area contributed by atoms with Crippen molar-refractivity contribution in [1.29, 1.82) is 0 Å². The van der Waals surface area contributed by atoms with E-state index in [1.807, 2.05) is 6.92 Å². The molecule has 0 aliphatic heterocycles. The molecule has 10 heavy (non-hydrogen) atoms. The van der Waals surface area contributed by atoms with Crippen molar-refractivity contribution in [3.63, 3.8) is 0 Å². The first-order valence-electron chi connectivity index (χ1n) is 3.56. The van der Waals surface area contributed by atoms with Crippen molar-refractivity contribution in [3.8, 4) is 0 Å². The molecule has 0 aliphatic rings. The molecule has 0 saturated carbocycles. The van der Waals surface area contributed by atoms with Gasteiger partial charge in [0.15, 0.2) is 0 Å². The fourth-order valence-corrected chi connectivity index (χ4v) is 1.36. The van der Waals surface area contributed by atoms with Gasteiger partial charge in [-0.3, -0.25) is 4.79 Å². The normalized spacial score (nSPS) is 14.8. The van der Waals surface area contributed by atoms with Crippen molar-refractivity contribution in [3.05, 3.63) is 0 Å². The number of hydrogen-bond acceptors (Lipinski definition) is 1. The Labute approximate surface area is 63.3 Å². The molecule has 0 aromatic heterocycles. The summed E-state index contributed by atoms with van der Waals surface area (Å²) in [6.45, 7) is 8.61. The molecule has 0 fully saturated rings. The Bertz CT molecular complexity index is 126. The number of carboxylic acids is 1. The van der Waals surface area contributed by atoms with Gasteiger partial charge in [-0.05, 0) is 5.54 Å². The zero-order chi connectivity index (χ0) is 8.36. The second kappa shape index (κ2) is 3.19. The summed E-state index contributed by atoms with van der Waals surface area (Å²) in [5, 5.41) is 8.47. The first-order valence-corrected chi connectivity index (χ1v) is 7.13. The zero-order valence-corrected chi connectivity index (χ0v) is 8.14. The van der Waals surface area contributed by atoms with E-state index in [1.54, 1.807) is 0 Å². The van der Waals surface area contributed by atoms with Crippen LogP contribution in [0.1, 0.15) is 13.3 Å². The Balaban J connectivity index is 3.85. The van der Waals surface area contributed by atoms with Gasteiger partial charge in [0.05, 0.1) is 0 Å². The lowest BCUT2D eigenvalue weighted by molar-refractivity contribution is -0.137. The molecule has 1 unspecified atom stereocenters. The average Bonchev–Trinajstić information content (AvgIpc) is 1.60. The van der Waals surface area contributed by atoms with Crippen molar-refractivity contribution >= 4 is 14.0 Å². The predicted molar refractivity (Wildman–Crippen MR) is 45.0 cm³/mol. The van der Waals surface area contributed by atoms with E-state index in [4.69, 9.17) is 5.11 Å². The van der Waals surface area contributed by atoms with E-state index in [9.17, 15) is 4.79 Å². The lowest BCUT2D eigenvalue weighted by Crippen LogP contribution is -2.27. The lowest BCUT2D eigenvalue weighted by Gasteiger charge is -2.23. The van der Waals surface area contributed by atoms with Crippen LogP contribution in [0.3, 0.4) is 0 Å². The van der Waals surface area contributed by atoms with Crippen molar-refractivity contribution in [1.82, 2.24) is 0 Å². The van der Waals surface area contributed by atoms with Crippen LogP contribution in [0.25, 0.3) is 0 Å². The van der Waals surface area contributed by atoms with Crippen molar-refractivity contribution in [2.75, 3.05) is 0 Å². The van der Waals surface area contributed by atoms with Gasteiger partial charge in [-0.2, -0.15) is 0 Å². The van der Waals surface area contributed by atoms with Crippen molar-refractivity contribution < 1.29 is 9.90 Å². The van der Waals surface area contributed by atoms with Crippen LogP contribution in [0, 0.1) is 0 Å². The van der Waals surface area contributed by atoms with E-state index < -0.39 is 14.0 Å². The molecule has 0 aliphatic carbocycles. The van der Waals surface area contributed by atoms with Crippen LogP contribution in [0.15, 0.2) is 0 Å². The van der Waals surface area contributed by atoms with Crippen molar-refractivity contribution in [2.45, 2.75) is 38.5 Å². The first kappa shape index (κ1) is 9.69. The van der Waals surface area contributed by atoms with Crippen LogP contribution in [-0.2, 0) is 4.79 Å². The molecule has 0 aromatic carbocycles. The van der Waals surface area contributed by atoms with Crippen LogP contribution in [0.4, 0.5) is 0 Å². The molecule has 3 heteroatoms. The highest BCUT2D eigenvalue weighted by Crippen LogP contribution is 2.23. The van der Waals surface area contributed by atoms with Gasteiger partial charge in [0.1, 0.15) is 0 Å². The molecule has 2 nitrogen and oxygen atoms in total. The standard InChI is InChI=1S/C7H16O2Si/c1-6(5-7(8)9)10(2,3)4/h6H,5H2,1-4H3,(H,8,9). The minimum absolute atomic E-state index is 0.329. The van der Waals surface area contributed by atoms with Crippen LogP contribution in [0.5, 0.6) is 0 Å². The summed E-state index contributed by atoms with van der Waals surface area (Å²) in [6, 6.07) is 0. The van der Waals surface area contributed by atoms with E-state index in [0.717, 1.165) is 0 Å². The van der Waals surface area contributed by atoms with Gasteiger partial charge < -0.3 is 5.11 Å². The third-order valence-corrected chi connectivity index (χ3v) is 5.12. The molecule has 60 valence electrons. The van der Waals surface area contributed by atoms with E-state index in [1.165, 1.54) is 0 Å². The Kier molecular flexibility index (Phi) is 3.09. The van der Waals surface area contributed by atoms with Crippen LogP contribution < -0.4 is 0 Å². The monoisotopic (exact) mass is 160 g/mol. The maximum atomic E-state index is 10.3. The van der Waals surface area contributed by atoms with Gasteiger partial charge in [-0.1, -0.05) is 26.6 Å². The van der Waals surface area contributed by atoms with Crippen LogP contribution >= 0.6 is 0 Å². The quantitative estimate of drug-likeness (QED) is 0.643. The summed E-state index contributed by atoms with van der Waals surface area (Å²) in [5.41, 5.74) is 0.380. The van der Waals surface area contributed by atoms with Crippen LogP contribution in [-0.4, -0.2) is 19.1 Å². The first-order chi connectivity index (χ1) is 4.34. The molecule has 0 heterocycles. The SMILES string of the molecule is CC(CC(=O)O)[Si](C)(C)C. The summed E-state index contributed by atoms with van der Waals surface area (Å²) in [6.07, 6.45) is 0.329. The molecule has 0 saturated heterocycles. The van der Waals surface area contributed by atoms with E-state index in [-0.39, 0.29) is 0 Å². The van der Waals surface area contributed by atoms with E-state index in [0.29, 0.717) is 12.0 Å². The van der Waals surface area contributed by atoms with Gasteiger partial charge in [-0.15, -0.1) is 0 Å². The third kappa shape index (κ3) is 3.66. The Morgan fingerprint density at radius 2 is 1.90 bits per heavy atom. The minimum Gasteiger partial charge on any atom is -0.481 e. The Hall–Kier alpha value is -0.313. The Morgan fingerprint density at radius 3 is 2.00 bits per heavy atom. The molecular weight excluding hydrogens is 144 g/mol. The topological polar surface area (TPSA) is 37.3 Å². The Morgan fingerprint density at radius 1 is 1.50 bits per heavy atom. The molecule has 0 spiro atoms. The summed E-state index contributed by atoms with van der Waals surface area (Å²) < 4.78 is 0. The van der Waals surface area contributed by atoms with Crippen LogP contribution in [0.2, 0.25) is 25.2 Å². The van der Waals surface area contributed by atoms with E-state index in [2.05, 4.69) is 19.6 Å². The highest BCUT2D eigenvalue weighted by atomic mass is 28.3. The molecule has 0 aromatic rings. The smallest absolute Gasteiger partial charge is 0.303 e. The third-order valence-electron chi connectivity index (χ3n) is 1.96. The summed E-state index contributed by atoms with van der Waals surface area (Å²) in [7, 11) is -1.20. The zero-order valence-electron chi connectivity index (χ0n) is 7.14. The predicted octanol–water partition coefficient (Wildman–Crippen LogP) is 2.19. The van der Waals surface area contributed by atoms with Gasteiger partial charge in [-0.25, -0.2) is 0 Å². The molecule has 0 rings (SSSR count). The maximum absolute atomic E-state index is 10.3. The van der Waals surface area contributed by atoms with Gasteiger partial charge >= 0.3 is 5.97 Å². The number of hydrogen-bond donors (Lipinski definition) is 1.